The zero-order valence-electron chi connectivity index (χ0n) is 15.6. The van der Waals surface area contributed by atoms with E-state index in [1.807, 2.05) is 0 Å². The summed E-state index contributed by atoms with van der Waals surface area (Å²) in [6, 6.07) is 0. The van der Waals surface area contributed by atoms with Crippen LogP contribution in [0, 0.1) is 23.7 Å². The minimum atomic E-state index is -4.50. The molecule has 154 valence electrons. The molecule has 0 aromatic heterocycles. The van der Waals surface area contributed by atoms with E-state index < -0.39 is 48.3 Å². The van der Waals surface area contributed by atoms with E-state index in [-0.39, 0.29) is 24.5 Å². The summed E-state index contributed by atoms with van der Waals surface area (Å²) in [6.45, 7) is 0.220. The predicted octanol–water partition coefficient (Wildman–Crippen LogP) is 3.41. The summed E-state index contributed by atoms with van der Waals surface area (Å²) in [5.41, 5.74) is -1.46. The topological polar surface area (TPSA) is 66.8 Å². The van der Waals surface area contributed by atoms with Gasteiger partial charge >= 0.3 is 6.18 Å². The van der Waals surface area contributed by atoms with Crippen LogP contribution >= 0.6 is 0 Å². The van der Waals surface area contributed by atoms with E-state index >= 15 is 0 Å². The summed E-state index contributed by atoms with van der Waals surface area (Å²) in [7, 11) is 0. The van der Waals surface area contributed by atoms with Crippen LogP contribution in [-0.4, -0.2) is 46.6 Å². The molecule has 0 amide bonds. The van der Waals surface area contributed by atoms with Crippen molar-refractivity contribution in [1.82, 2.24) is 0 Å². The number of ketones is 1. The van der Waals surface area contributed by atoms with E-state index in [4.69, 9.17) is 4.74 Å². The molecule has 27 heavy (non-hydrogen) atoms. The van der Waals surface area contributed by atoms with Crippen LogP contribution in [-0.2, 0) is 9.53 Å². The monoisotopic (exact) mass is 390 g/mol. The maximum absolute atomic E-state index is 12.7. The molecule has 3 aliphatic carbocycles. The van der Waals surface area contributed by atoms with Crippen molar-refractivity contribution in [2.75, 3.05) is 6.61 Å². The van der Waals surface area contributed by atoms with Crippen molar-refractivity contribution in [1.29, 1.82) is 0 Å². The van der Waals surface area contributed by atoms with Gasteiger partial charge in [-0.1, -0.05) is 38.3 Å². The fraction of sp³-hybridized carbons (Fsp3) is 0.850. The Morgan fingerprint density at radius 1 is 1.26 bits per heavy atom. The SMILES string of the molecule is CC1C(=O)[C@]2(OCC(F)(F)F)CC[C@H](O)[C@@H](C=C[C@@H](O)C3CCCCC3)[C@H]12. The van der Waals surface area contributed by atoms with E-state index in [0.29, 0.717) is 0 Å². The number of carbonyl (C=O) groups excluding carboxylic acids is 1. The van der Waals surface area contributed by atoms with Gasteiger partial charge in [0.25, 0.3) is 0 Å². The van der Waals surface area contributed by atoms with Crippen molar-refractivity contribution in [3.63, 3.8) is 0 Å². The van der Waals surface area contributed by atoms with E-state index in [2.05, 4.69) is 0 Å². The number of hydrogen-bond donors (Lipinski definition) is 2. The second-order valence-corrected chi connectivity index (χ2v) is 8.43. The van der Waals surface area contributed by atoms with Gasteiger partial charge in [0.15, 0.2) is 5.78 Å². The highest BCUT2D eigenvalue weighted by Gasteiger charge is 2.66. The number of aliphatic hydroxyl groups excluding tert-OH is 2. The highest BCUT2D eigenvalue weighted by atomic mass is 19.4. The number of rotatable bonds is 5. The summed E-state index contributed by atoms with van der Waals surface area (Å²) in [4.78, 5) is 12.4. The zero-order chi connectivity index (χ0) is 19.8. The lowest BCUT2D eigenvalue weighted by molar-refractivity contribution is -0.252. The third kappa shape index (κ3) is 4.10. The second kappa shape index (κ2) is 7.84. The van der Waals surface area contributed by atoms with Crippen molar-refractivity contribution in [2.24, 2.45) is 23.7 Å². The van der Waals surface area contributed by atoms with Crippen LogP contribution in [0.25, 0.3) is 0 Å². The summed E-state index contributed by atoms with van der Waals surface area (Å²) >= 11 is 0. The van der Waals surface area contributed by atoms with Gasteiger partial charge in [0.2, 0.25) is 0 Å². The lowest BCUT2D eigenvalue weighted by atomic mass is 9.50. The number of hydrogen-bond acceptors (Lipinski definition) is 4. The molecule has 0 spiro atoms. The summed E-state index contributed by atoms with van der Waals surface area (Å²) in [5.74, 6) is -1.57. The van der Waals surface area contributed by atoms with Crippen LogP contribution in [0.2, 0.25) is 0 Å². The maximum Gasteiger partial charge on any atom is 0.411 e. The molecular weight excluding hydrogens is 361 g/mol. The first-order chi connectivity index (χ1) is 12.7. The first kappa shape index (κ1) is 20.8. The standard InChI is InChI=1S/C20H29F3O4/c1-12-17-14(7-8-15(24)13-5-3-2-4-6-13)16(25)9-10-19(17,18(12)26)27-11-20(21,22)23/h7-8,12-17,24-25H,2-6,9-11H2,1H3/t12?,14-,15-,16+,17+,19+/m1/s1. The van der Waals surface area contributed by atoms with Crippen LogP contribution in [0.1, 0.15) is 51.9 Å². The maximum atomic E-state index is 12.7. The number of ether oxygens (including phenoxy) is 1. The Morgan fingerprint density at radius 3 is 2.56 bits per heavy atom. The van der Waals surface area contributed by atoms with Gasteiger partial charge in [0.05, 0.1) is 12.2 Å². The molecule has 3 saturated carbocycles. The predicted molar refractivity (Wildman–Crippen MR) is 92.9 cm³/mol. The van der Waals surface area contributed by atoms with Crippen LogP contribution in [0.15, 0.2) is 12.2 Å². The van der Waals surface area contributed by atoms with E-state index in [9.17, 15) is 28.2 Å². The van der Waals surface area contributed by atoms with Gasteiger partial charge in [-0.3, -0.25) is 4.79 Å². The van der Waals surface area contributed by atoms with Gasteiger partial charge in [0.1, 0.15) is 12.2 Å². The fourth-order valence-corrected chi connectivity index (χ4v) is 5.32. The van der Waals surface area contributed by atoms with E-state index in [1.165, 1.54) is 6.42 Å². The molecular formula is C20H29F3O4. The Labute approximate surface area is 157 Å². The molecule has 0 aromatic carbocycles. The average Bonchev–Trinajstić information content (AvgIpc) is 2.64. The number of Topliss-reactive ketones (excluding diaryl/α,β-unsaturated/α-hetero) is 1. The number of aliphatic hydroxyl groups is 2. The molecule has 0 radical (unpaired) electrons. The Kier molecular flexibility index (Phi) is 6.04. The lowest BCUT2D eigenvalue weighted by Gasteiger charge is -2.58. The minimum absolute atomic E-state index is 0.105. The van der Waals surface area contributed by atoms with E-state index in [0.717, 1.165) is 25.7 Å². The quantitative estimate of drug-likeness (QED) is 0.706. The molecule has 1 unspecified atom stereocenters. The summed E-state index contributed by atoms with van der Waals surface area (Å²) in [6.07, 6.45) is 3.07. The van der Waals surface area contributed by atoms with Crippen molar-refractivity contribution in [3.8, 4) is 0 Å². The van der Waals surface area contributed by atoms with Gasteiger partial charge in [-0.15, -0.1) is 0 Å². The largest absolute Gasteiger partial charge is 0.411 e. The van der Waals surface area contributed by atoms with Crippen molar-refractivity contribution >= 4 is 5.78 Å². The summed E-state index contributed by atoms with van der Waals surface area (Å²) < 4.78 is 43.1. The highest BCUT2D eigenvalue weighted by molar-refractivity contribution is 5.96. The molecule has 7 heteroatoms. The molecule has 0 bridgehead atoms. The molecule has 0 aliphatic heterocycles. The molecule has 0 saturated heterocycles. The van der Waals surface area contributed by atoms with Gasteiger partial charge in [0, 0.05) is 17.8 Å². The number of alkyl halides is 3. The minimum Gasteiger partial charge on any atom is -0.393 e. The van der Waals surface area contributed by atoms with Crippen molar-refractivity contribution in [3.05, 3.63) is 12.2 Å². The Hall–Kier alpha value is -0.920. The third-order valence-electron chi connectivity index (χ3n) is 6.73. The molecule has 4 nitrogen and oxygen atoms in total. The van der Waals surface area contributed by atoms with Gasteiger partial charge in [-0.05, 0) is 31.6 Å². The summed E-state index contributed by atoms with van der Waals surface area (Å²) in [5, 5.41) is 20.9. The third-order valence-corrected chi connectivity index (χ3v) is 6.73. The van der Waals surface area contributed by atoms with Crippen LogP contribution in [0.3, 0.4) is 0 Å². The van der Waals surface area contributed by atoms with Crippen LogP contribution in [0.4, 0.5) is 13.2 Å². The lowest BCUT2D eigenvalue weighted by Crippen LogP contribution is -2.70. The molecule has 3 aliphatic rings. The average molecular weight is 390 g/mol. The molecule has 3 fully saturated rings. The second-order valence-electron chi connectivity index (χ2n) is 8.43. The Bertz CT molecular complexity index is 570. The van der Waals surface area contributed by atoms with Gasteiger partial charge < -0.3 is 14.9 Å². The molecule has 0 heterocycles. The first-order valence-electron chi connectivity index (χ1n) is 9.95. The Balaban J connectivity index is 1.73. The fourth-order valence-electron chi connectivity index (χ4n) is 5.32. The highest BCUT2D eigenvalue weighted by Crippen LogP contribution is 2.55. The van der Waals surface area contributed by atoms with E-state index in [1.54, 1.807) is 19.1 Å². The molecule has 0 aromatic rings. The molecule has 3 rings (SSSR count). The van der Waals surface area contributed by atoms with Gasteiger partial charge in [-0.2, -0.15) is 13.2 Å². The van der Waals surface area contributed by atoms with Crippen molar-refractivity contribution in [2.45, 2.75) is 75.9 Å². The van der Waals surface area contributed by atoms with Gasteiger partial charge in [-0.25, -0.2) is 0 Å². The normalized spacial score (nSPS) is 39.3. The number of carbonyl (C=O) groups is 1. The van der Waals surface area contributed by atoms with Crippen LogP contribution < -0.4 is 0 Å². The number of fused-ring (bicyclic) bond motifs is 1. The smallest absolute Gasteiger partial charge is 0.393 e. The van der Waals surface area contributed by atoms with Crippen LogP contribution in [0.5, 0.6) is 0 Å². The first-order valence-corrected chi connectivity index (χ1v) is 9.95. The molecule has 2 N–H and O–H groups in total. The zero-order valence-corrected chi connectivity index (χ0v) is 15.6. The van der Waals surface area contributed by atoms with Crippen molar-refractivity contribution < 1.29 is 32.9 Å². The number of halogens is 3. The Morgan fingerprint density at radius 2 is 1.93 bits per heavy atom. The molecule has 6 atom stereocenters.